The fourth-order valence-electron chi connectivity index (χ4n) is 3.51. The lowest BCUT2D eigenvalue weighted by atomic mass is 10.1. The predicted molar refractivity (Wildman–Crippen MR) is 113 cm³/mol. The highest BCUT2D eigenvalue weighted by Crippen LogP contribution is 2.25. The molecule has 3 aromatic carbocycles. The number of hydrogen-bond donors (Lipinski definition) is 2. The number of amides is 1. The van der Waals surface area contributed by atoms with Crippen molar-refractivity contribution in [1.29, 1.82) is 0 Å². The Hall–Kier alpha value is -2.94. The molecule has 0 saturated carbocycles. The lowest BCUT2D eigenvalue weighted by molar-refractivity contribution is 0.0730. The number of fused-ring (bicyclic) bond motifs is 1. The van der Waals surface area contributed by atoms with E-state index < -0.39 is 15.9 Å². The first-order valence-electron chi connectivity index (χ1n) is 9.62. The smallest absolute Gasteiger partial charge is 0.255 e. The van der Waals surface area contributed by atoms with Crippen molar-refractivity contribution in [2.45, 2.75) is 11.4 Å². The van der Waals surface area contributed by atoms with Gasteiger partial charge in [0.25, 0.3) is 5.91 Å². The second-order valence-electron chi connectivity index (χ2n) is 7.02. The van der Waals surface area contributed by atoms with E-state index in [9.17, 15) is 18.3 Å². The zero-order chi connectivity index (χ0) is 21.1. The van der Waals surface area contributed by atoms with Crippen molar-refractivity contribution in [3.05, 3.63) is 71.8 Å². The molecule has 2 N–H and O–H groups in total. The number of aromatic hydroxyl groups is 1. The van der Waals surface area contributed by atoms with Crippen LogP contribution >= 0.6 is 0 Å². The van der Waals surface area contributed by atoms with E-state index in [0.29, 0.717) is 31.9 Å². The van der Waals surface area contributed by atoms with Crippen molar-refractivity contribution in [2.75, 3.05) is 26.3 Å². The maximum Gasteiger partial charge on any atom is 0.255 e. The molecule has 0 radical (unpaired) electrons. The summed E-state index contributed by atoms with van der Waals surface area (Å²) in [4.78, 5) is 12.9. The minimum atomic E-state index is -3.69. The molecule has 30 heavy (non-hydrogen) atoms. The van der Waals surface area contributed by atoms with Gasteiger partial charge < -0.3 is 15.2 Å². The van der Waals surface area contributed by atoms with Gasteiger partial charge in [-0.15, -0.1) is 0 Å². The first kappa shape index (κ1) is 20.3. The molecule has 4 rings (SSSR count). The number of nitrogens with zero attached hydrogens (tertiary/aromatic N) is 1. The number of benzene rings is 3. The standard InChI is InChI=1S/C22H22N2O5S/c25-20-14-17-6-2-1-5-16(17)13-19(20)22(26)23-15-18-7-3-4-8-21(18)30(27,28)24-9-11-29-12-10-24/h1-8,13-14,25H,9-12,15H2,(H,23,26). The van der Waals surface area contributed by atoms with E-state index in [0.717, 1.165) is 10.8 Å². The second kappa shape index (κ2) is 8.43. The summed E-state index contributed by atoms with van der Waals surface area (Å²) in [6.07, 6.45) is 0. The topological polar surface area (TPSA) is 95.9 Å². The number of morpholine rings is 1. The average molecular weight is 426 g/mol. The Morgan fingerprint density at radius 2 is 1.63 bits per heavy atom. The van der Waals surface area contributed by atoms with E-state index in [-0.39, 0.29) is 22.8 Å². The number of rotatable bonds is 5. The molecule has 0 atom stereocenters. The molecule has 1 heterocycles. The lowest BCUT2D eigenvalue weighted by Crippen LogP contribution is -2.41. The van der Waals surface area contributed by atoms with Crippen molar-refractivity contribution in [3.8, 4) is 5.75 Å². The minimum absolute atomic E-state index is 0.0187. The van der Waals surface area contributed by atoms with E-state index in [2.05, 4.69) is 5.32 Å². The molecule has 0 unspecified atom stereocenters. The van der Waals surface area contributed by atoms with Crippen LogP contribution in [-0.4, -0.2) is 50.0 Å². The summed E-state index contributed by atoms with van der Waals surface area (Å²) >= 11 is 0. The molecular formula is C22H22N2O5S. The van der Waals surface area contributed by atoms with Crippen LogP contribution in [0.15, 0.2) is 65.6 Å². The number of nitrogens with one attached hydrogen (secondary N) is 1. The molecule has 8 heteroatoms. The van der Waals surface area contributed by atoms with Gasteiger partial charge in [-0.25, -0.2) is 8.42 Å². The fourth-order valence-corrected chi connectivity index (χ4v) is 5.14. The normalized spacial score (nSPS) is 15.2. The third-order valence-corrected chi connectivity index (χ3v) is 7.11. The van der Waals surface area contributed by atoms with Gasteiger partial charge in [0.05, 0.1) is 23.7 Å². The van der Waals surface area contributed by atoms with E-state index in [4.69, 9.17) is 4.74 Å². The molecule has 0 bridgehead atoms. The van der Waals surface area contributed by atoms with Gasteiger partial charge in [0.15, 0.2) is 0 Å². The van der Waals surface area contributed by atoms with Gasteiger partial charge in [0.2, 0.25) is 10.0 Å². The highest BCUT2D eigenvalue weighted by molar-refractivity contribution is 7.89. The van der Waals surface area contributed by atoms with Crippen LogP contribution in [0, 0.1) is 0 Å². The van der Waals surface area contributed by atoms with Gasteiger partial charge in [-0.1, -0.05) is 42.5 Å². The maximum absolute atomic E-state index is 13.0. The number of phenolic OH excluding ortho intramolecular Hbond substituents is 1. The molecule has 1 aliphatic heterocycles. The fraction of sp³-hybridized carbons (Fsp3) is 0.227. The van der Waals surface area contributed by atoms with Crippen molar-refractivity contribution in [3.63, 3.8) is 0 Å². The number of hydrogen-bond acceptors (Lipinski definition) is 5. The van der Waals surface area contributed by atoms with Gasteiger partial charge in [-0.3, -0.25) is 4.79 Å². The molecule has 156 valence electrons. The molecule has 1 fully saturated rings. The average Bonchev–Trinajstić information content (AvgIpc) is 2.77. The zero-order valence-electron chi connectivity index (χ0n) is 16.2. The lowest BCUT2D eigenvalue weighted by Gasteiger charge is -2.27. The maximum atomic E-state index is 13.0. The quantitative estimate of drug-likeness (QED) is 0.654. The van der Waals surface area contributed by atoms with Crippen molar-refractivity contribution in [1.82, 2.24) is 9.62 Å². The van der Waals surface area contributed by atoms with E-state index in [1.165, 1.54) is 4.31 Å². The molecule has 7 nitrogen and oxygen atoms in total. The van der Waals surface area contributed by atoms with E-state index in [1.807, 2.05) is 24.3 Å². The number of carbonyl (C=O) groups is 1. The zero-order valence-corrected chi connectivity index (χ0v) is 17.1. The third-order valence-electron chi connectivity index (χ3n) is 5.11. The Bertz CT molecular complexity index is 1190. The first-order valence-corrected chi connectivity index (χ1v) is 11.1. The molecule has 0 aliphatic carbocycles. The van der Waals surface area contributed by atoms with Crippen molar-refractivity contribution >= 4 is 26.7 Å². The summed E-state index contributed by atoms with van der Waals surface area (Å²) in [6, 6.07) is 17.2. The van der Waals surface area contributed by atoms with Crippen molar-refractivity contribution in [2.24, 2.45) is 0 Å². The molecule has 1 saturated heterocycles. The molecule has 0 spiro atoms. The van der Waals surface area contributed by atoms with E-state index in [1.54, 1.807) is 36.4 Å². The number of carbonyl (C=O) groups excluding carboxylic acids is 1. The molecule has 3 aromatic rings. The Morgan fingerprint density at radius 1 is 1.00 bits per heavy atom. The second-order valence-corrected chi connectivity index (χ2v) is 8.93. The third kappa shape index (κ3) is 4.02. The Labute approximate surface area is 174 Å². The minimum Gasteiger partial charge on any atom is -0.507 e. The van der Waals surface area contributed by atoms with E-state index >= 15 is 0 Å². The van der Waals surface area contributed by atoms with Crippen molar-refractivity contribution < 1.29 is 23.1 Å². The predicted octanol–water partition coefficient (Wildman–Crippen LogP) is 2.50. The van der Waals surface area contributed by atoms with Crippen LogP contribution in [-0.2, 0) is 21.3 Å². The van der Waals surface area contributed by atoms with Crippen LogP contribution in [0.3, 0.4) is 0 Å². The highest BCUT2D eigenvalue weighted by Gasteiger charge is 2.28. The Morgan fingerprint density at radius 3 is 2.37 bits per heavy atom. The monoisotopic (exact) mass is 426 g/mol. The van der Waals surface area contributed by atoms with Crippen LogP contribution in [0.1, 0.15) is 15.9 Å². The van der Waals surface area contributed by atoms with Gasteiger partial charge in [-0.05, 0) is 34.5 Å². The SMILES string of the molecule is O=C(NCc1ccccc1S(=O)(=O)N1CCOCC1)c1cc2ccccc2cc1O. The highest BCUT2D eigenvalue weighted by atomic mass is 32.2. The molecule has 1 aliphatic rings. The van der Waals surface area contributed by atoms with Crippen LogP contribution in [0.2, 0.25) is 0 Å². The van der Waals surface area contributed by atoms with Crippen LogP contribution in [0.5, 0.6) is 5.75 Å². The van der Waals surface area contributed by atoms with Gasteiger partial charge >= 0.3 is 0 Å². The summed E-state index contributed by atoms with van der Waals surface area (Å²) in [5.74, 6) is -0.600. The van der Waals surface area contributed by atoms with Gasteiger partial charge in [0.1, 0.15) is 5.75 Å². The Kier molecular flexibility index (Phi) is 5.72. The van der Waals surface area contributed by atoms with Crippen LogP contribution in [0.4, 0.5) is 0 Å². The summed E-state index contributed by atoms with van der Waals surface area (Å²) in [5, 5.41) is 14.6. The van der Waals surface area contributed by atoms with Gasteiger partial charge in [0, 0.05) is 19.6 Å². The van der Waals surface area contributed by atoms with Crippen LogP contribution < -0.4 is 5.32 Å². The van der Waals surface area contributed by atoms with Gasteiger partial charge in [-0.2, -0.15) is 4.31 Å². The number of ether oxygens (including phenoxy) is 1. The first-order chi connectivity index (χ1) is 14.5. The summed E-state index contributed by atoms with van der Waals surface area (Å²) < 4.78 is 32.7. The largest absolute Gasteiger partial charge is 0.507 e. The number of sulfonamides is 1. The summed E-state index contributed by atoms with van der Waals surface area (Å²) in [7, 11) is -3.69. The summed E-state index contributed by atoms with van der Waals surface area (Å²) in [6.45, 7) is 1.34. The molecule has 0 aromatic heterocycles. The Balaban J connectivity index is 1.56. The molecule has 1 amide bonds. The van der Waals surface area contributed by atoms with Crippen LogP contribution in [0.25, 0.3) is 10.8 Å². The summed E-state index contributed by atoms with van der Waals surface area (Å²) in [5.41, 5.74) is 0.625. The molecular weight excluding hydrogens is 404 g/mol. The number of phenols is 1.